The molecule has 0 unspecified atom stereocenters. The summed E-state index contributed by atoms with van der Waals surface area (Å²) in [5.74, 6) is 6.21. The standard InChI is InChI=1S/C30H34ClN7O3S/c1-30(2,38-18-33-29(42)34-19-38)9-8-22-14-21(17-37-10-12-41-13-11-37)15-24-26(22)36(3)35-25(27(24)39)28(40)32-16-20-4-6-23(31)7-5-20/h4-7,14-15H,10-13,16-19H2,1-3H3,(H,32,40)(H2,33,34,42). The second kappa shape index (κ2) is 12.8. The average molecular weight is 608 g/mol. The molecule has 0 atom stereocenters. The van der Waals surface area contributed by atoms with Crippen molar-refractivity contribution in [2.24, 2.45) is 7.05 Å². The van der Waals surface area contributed by atoms with Gasteiger partial charge in [0.05, 0.1) is 48.6 Å². The number of hydrogen-bond acceptors (Lipinski definition) is 7. The molecule has 10 nitrogen and oxygen atoms in total. The Morgan fingerprint density at radius 3 is 2.52 bits per heavy atom. The lowest BCUT2D eigenvalue weighted by Gasteiger charge is -2.38. The average Bonchev–Trinajstić information content (AvgIpc) is 2.98. The van der Waals surface area contributed by atoms with Gasteiger partial charge in [0.25, 0.3) is 5.91 Å². The zero-order valence-corrected chi connectivity index (χ0v) is 25.5. The summed E-state index contributed by atoms with van der Waals surface area (Å²) in [4.78, 5) is 31.4. The lowest BCUT2D eigenvalue weighted by Crippen LogP contribution is -2.59. The van der Waals surface area contributed by atoms with Gasteiger partial charge in [-0.15, -0.1) is 0 Å². The van der Waals surface area contributed by atoms with E-state index >= 15 is 0 Å². The molecule has 2 aliphatic heterocycles. The van der Waals surface area contributed by atoms with Crippen molar-refractivity contribution in [2.45, 2.75) is 32.5 Å². The number of carbonyl (C=O) groups is 1. The lowest BCUT2D eigenvalue weighted by molar-refractivity contribution is 0.0342. The highest BCUT2D eigenvalue weighted by atomic mass is 35.5. The topological polar surface area (TPSA) is 104 Å². The SMILES string of the molecule is Cn1nc(C(=O)NCc2ccc(Cl)cc2)c(=O)c2cc(CN3CCOCC3)cc(C#CC(C)(C)N3CNC(=S)NC3)c21. The van der Waals surface area contributed by atoms with Crippen LogP contribution in [0.25, 0.3) is 10.9 Å². The van der Waals surface area contributed by atoms with Gasteiger partial charge < -0.3 is 20.7 Å². The largest absolute Gasteiger partial charge is 0.379 e. The Hall–Kier alpha value is -3.53. The number of hydrogen-bond donors (Lipinski definition) is 3. The first-order chi connectivity index (χ1) is 20.1. The maximum Gasteiger partial charge on any atom is 0.276 e. The van der Waals surface area contributed by atoms with Gasteiger partial charge in [-0.25, -0.2) is 0 Å². The van der Waals surface area contributed by atoms with E-state index in [4.69, 9.17) is 28.6 Å². The fourth-order valence-electron chi connectivity index (χ4n) is 4.96. The zero-order valence-electron chi connectivity index (χ0n) is 23.9. The van der Waals surface area contributed by atoms with Gasteiger partial charge in [0.1, 0.15) is 0 Å². The molecule has 2 fully saturated rings. The molecule has 5 rings (SSSR count). The normalized spacial score (nSPS) is 16.3. The number of rotatable bonds is 6. The highest BCUT2D eigenvalue weighted by molar-refractivity contribution is 7.80. The second-order valence-corrected chi connectivity index (χ2v) is 11.7. The molecule has 220 valence electrons. The molecule has 3 aromatic rings. The van der Waals surface area contributed by atoms with Crippen molar-refractivity contribution in [2.75, 3.05) is 39.6 Å². The molecule has 0 saturated carbocycles. The molecular formula is C30H34ClN7O3S. The number of aromatic nitrogens is 2. The van der Waals surface area contributed by atoms with Crippen molar-refractivity contribution in [3.8, 4) is 11.8 Å². The number of benzene rings is 2. The third-order valence-electron chi connectivity index (χ3n) is 7.45. The summed E-state index contributed by atoms with van der Waals surface area (Å²) >= 11 is 11.2. The van der Waals surface area contributed by atoms with Gasteiger partial charge in [-0.1, -0.05) is 35.6 Å². The molecule has 0 spiro atoms. The zero-order chi connectivity index (χ0) is 29.9. The molecule has 2 aliphatic rings. The Labute approximate surface area is 255 Å². The summed E-state index contributed by atoms with van der Waals surface area (Å²) in [6.07, 6.45) is 0. The number of fused-ring (bicyclic) bond motifs is 1. The molecule has 0 aliphatic carbocycles. The smallest absolute Gasteiger partial charge is 0.276 e. The molecule has 2 saturated heterocycles. The van der Waals surface area contributed by atoms with Crippen LogP contribution in [0.1, 0.15) is 41.0 Å². The van der Waals surface area contributed by atoms with Gasteiger partial charge in [0.2, 0.25) is 5.43 Å². The highest BCUT2D eigenvalue weighted by Gasteiger charge is 2.27. The predicted octanol–water partition coefficient (Wildman–Crippen LogP) is 2.17. The quantitative estimate of drug-likeness (QED) is 0.287. The fraction of sp³-hybridized carbons (Fsp3) is 0.400. The van der Waals surface area contributed by atoms with E-state index in [-0.39, 0.29) is 12.2 Å². The maximum absolute atomic E-state index is 13.8. The summed E-state index contributed by atoms with van der Waals surface area (Å²) in [6.45, 7) is 9.03. The Morgan fingerprint density at radius 1 is 1.14 bits per heavy atom. The third-order valence-corrected chi connectivity index (χ3v) is 7.99. The number of halogens is 1. The van der Waals surface area contributed by atoms with Gasteiger partial charge in [-0.3, -0.25) is 24.1 Å². The van der Waals surface area contributed by atoms with Crippen molar-refractivity contribution in [1.29, 1.82) is 0 Å². The number of aryl methyl sites for hydroxylation is 1. The van der Waals surface area contributed by atoms with Crippen LogP contribution in [0.4, 0.5) is 0 Å². The Morgan fingerprint density at radius 2 is 1.83 bits per heavy atom. The van der Waals surface area contributed by atoms with E-state index in [9.17, 15) is 9.59 Å². The van der Waals surface area contributed by atoms with Crippen molar-refractivity contribution >= 4 is 45.7 Å². The molecule has 0 bridgehead atoms. The number of ether oxygens (including phenoxy) is 1. The molecule has 2 aromatic carbocycles. The summed E-state index contributed by atoms with van der Waals surface area (Å²) < 4.78 is 7.09. The number of nitrogens with zero attached hydrogens (tertiary/aromatic N) is 4. The summed E-state index contributed by atoms with van der Waals surface area (Å²) in [6, 6.07) is 11.0. The van der Waals surface area contributed by atoms with Gasteiger partial charge in [0.15, 0.2) is 10.8 Å². The number of carbonyl (C=O) groups excluding carboxylic acids is 1. The van der Waals surface area contributed by atoms with E-state index in [1.807, 2.05) is 38.1 Å². The van der Waals surface area contributed by atoms with Crippen LogP contribution in [0.15, 0.2) is 41.2 Å². The van der Waals surface area contributed by atoms with Gasteiger partial charge in [-0.05, 0) is 61.5 Å². The number of amides is 1. The Kier molecular flexibility index (Phi) is 9.11. The third kappa shape index (κ3) is 6.91. The molecular weight excluding hydrogens is 574 g/mol. The van der Waals surface area contributed by atoms with E-state index in [1.165, 1.54) is 0 Å². The molecule has 1 amide bonds. The van der Waals surface area contributed by atoms with Gasteiger partial charge in [0, 0.05) is 38.2 Å². The molecule has 3 heterocycles. The first-order valence-electron chi connectivity index (χ1n) is 13.8. The monoisotopic (exact) mass is 607 g/mol. The Bertz CT molecular complexity index is 1610. The maximum atomic E-state index is 13.8. The van der Waals surface area contributed by atoms with Crippen LogP contribution in [0.2, 0.25) is 5.02 Å². The minimum Gasteiger partial charge on any atom is -0.379 e. The first kappa shape index (κ1) is 29.9. The Balaban J connectivity index is 1.52. The van der Waals surface area contributed by atoms with Gasteiger partial charge in [-0.2, -0.15) is 5.10 Å². The van der Waals surface area contributed by atoms with Crippen LogP contribution in [0.5, 0.6) is 0 Å². The van der Waals surface area contributed by atoms with Crippen LogP contribution in [-0.2, 0) is 24.9 Å². The van der Waals surface area contributed by atoms with Crippen molar-refractivity contribution in [1.82, 2.24) is 35.5 Å². The first-order valence-corrected chi connectivity index (χ1v) is 14.6. The fourth-order valence-corrected chi connectivity index (χ4v) is 5.21. The van der Waals surface area contributed by atoms with Crippen molar-refractivity contribution < 1.29 is 9.53 Å². The highest BCUT2D eigenvalue weighted by Crippen LogP contribution is 2.21. The van der Waals surface area contributed by atoms with Crippen LogP contribution in [0.3, 0.4) is 0 Å². The number of thiocarbonyl (C=S) groups is 1. The summed E-state index contributed by atoms with van der Waals surface area (Å²) in [5.41, 5.74) is 1.96. The molecule has 12 heteroatoms. The van der Waals surface area contributed by atoms with Crippen molar-refractivity contribution in [3.05, 3.63) is 74.0 Å². The van der Waals surface area contributed by atoms with E-state index < -0.39 is 16.9 Å². The van der Waals surface area contributed by atoms with E-state index in [1.54, 1.807) is 23.9 Å². The van der Waals surface area contributed by atoms with Crippen LogP contribution in [-0.4, -0.2) is 75.8 Å². The van der Waals surface area contributed by atoms with Crippen LogP contribution >= 0.6 is 23.8 Å². The van der Waals surface area contributed by atoms with Crippen LogP contribution in [0, 0.1) is 11.8 Å². The second-order valence-electron chi connectivity index (χ2n) is 10.9. The lowest BCUT2D eigenvalue weighted by atomic mass is 10.0. The minimum absolute atomic E-state index is 0.164. The van der Waals surface area contributed by atoms with Gasteiger partial charge >= 0.3 is 0 Å². The number of nitrogens with one attached hydrogen (secondary N) is 3. The van der Waals surface area contributed by atoms with E-state index in [0.29, 0.717) is 59.7 Å². The van der Waals surface area contributed by atoms with Crippen LogP contribution < -0.4 is 21.4 Å². The summed E-state index contributed by atoms with van der Waals surface area (Å²) in [5, 5.41) is 15.1. The minimum atomic E-state index is -0.539. The number of morpholine rings is 1. The van der Waals surface area contributed by atoms with E-state index in [2.05, 4.69) is 42.7 Å². The van der Waals surface area contributed by atoms with E-state index in [0.717, 1.165) is 24.2 Å². The molecule has 1 aromatic heterocycles. The predicted molar refractivity (Wildman–Crippen MR) is 167 cm³/mol. The molecule has 3 N–H and O–H groups in total. The molecule has 42 heavy (non-hydrogen) atoms. The molecule has 0 radical (unpaired) electrons. The van der Waals surface area contributed by atoms with Crippen molar-refractivity contribution in [3.63, 3.8) is 0 Å². The summed E-state index contributed by atoms with van der Waals surface area (Å²) in [7, 11) is 1.73.